The summed E-state index contributed by atoms with van der Waals surface area (Å²) in [5.41, 5.74) is 0.821. The van der Waals surface area contributed by atoms with E-state index in [0.29, 0.717) is 36.5 Å². The normalized spacial score (nSPS) is 15.7. The van der Waals surface area contributed by atoms with E-state index in [-0.39, 0.29) is 23.1 Å². The van der Waals surface area contributed by atoms with Crippen LogP contribution < -0.4 is 5.32 Å². The quantitative estimate of drug-likeness (QED) is 0.426. The molecule has 0 atom stereocenters. The van der Waals surface area contributed by atoms with Crippen LogP contribution in [-0.2, 0) is 22.7 Å². The van der Waals surface area contributed by atoms with Crippen molar-refractivity contribution in [3.63, 3.8) is 0 Å². The van der Waals surface area contributed by atoms with E-state index in [1.165, 1.54) is 33.8 Å². The van der Waals surface area contributed by atoms with Crippen molar-refractivity contribution in [1.29, 1.82) is 0 Å². The second-order valence-electron chi connectivity index (χ2n) is 8.54. The van der Waals surface area contributed by atoms with Crippen molar-refractivity contribution >= 4 is 38.9 Å². The van der Waals surface area contributed by atoms with Crippen molar-refractivity contribution in [1.82, 2.24) is 14.6 Å². The molecule has 4 rings (SSSR count). The van der Waals surface area contributed by atoms with Gasteiger partial charge in [0, 0.05) is 36.0 Å². The number of carbonyl (C=O) groups is 1. The molecule has 192 valence electrons. The van der Waals surface area contributed by atoms with Gasteiger partial charge in [-0.3, -0.25) is 4.79 Å². The first kappa shape index (κ1) is 26.6. The van der Waals surface area contributed by atoms with Gasteiger partial charge in [0.1, 0.15) is 5.69 Å². The summed E-state index contributed by atoms with van der Waals surface area (Å²) in [5.74, 6) is -0.395. The van der Waals surface area contributed by atoms with E-state index in [0.717, 1.165) is 22.7 Å². The first-order chi connectivity index (χ1) is 16.9. The zero-order chi connectivity index (χ0) is 26.1. The number of benzene rings is 2. The standard InChI is InChI=1S/C24H23ClF3N3O3S2/c1-15-2-7-19(12-20(15)25)36(33,34)31-10-8-17(9-11-31)23-30-21(14-35-23)22(32)29-13-16-3-5-18(6-4-16)24(26,27)28/h2-7,12,14,17H,8-11,13H2,1H3,(H,29,32). The maximum absolute atomic E-state index is 13.0. The van der Waals surface area contributed by atoms with Crippen LogP contribution in [0.15, 0.2) is 52.7 Å². The highest BCUT2D eigenvalue weighted by Gasteiger charge is 2.32. The molecule has 1 N–H and O–H groups in total. The Labute approximate surface area is 216 Å². The van der Waals surface area contributed by atoms with Crippen molar-refractivity contribution in [2.45, 2.75) is 43.3 Å². The van der Waals surface area contributed by atoms with Gasteiger partial charge in [0.2, 0.25) is 10.0 Å². The SMILES string of the molecule is Cc1ccc(S(=O)(=O)N2CCC(c3nc(C(=O)NCc4ccc(C(F)(F)F)cc4)cs3)CC2)cc1Cl. The minimum atomic E-state index is -4.41. The van der Waals surface area contributed by atoms with E-state index in [1.807, 2.05) is 6.92 Å². The van der Waals surface area contributed by atoms with Gasteiger partial charge in [0.15, 0.2) is 0 Å². The second-order valence-corrected chi connectivity index (χ2v) is 11.8. The molecule has 0 unspecified atom stereocenters. The summed E-state index contributed by atoms with van der Waals surface area (Å²) < 4.78 is 65.5. The maximum atomic E-state index is 13.0. The molecule has 0 bridgehead atoms. The first-order valence-corrected chi connectivity index (χ1v) is 13.8. The summed E-state index contributed by atoms with van der Waals surface area (Å²) in [4.78, 5) is 17.1. The molecule has 2 heterocycles. The summed E-state index contributed by atoms with van der Waals surface area (Å²) in [5, 5.41) is 5.46. The Kier molecular flexibility index (Phi) is 7.75. The Hall–Kier alpha value is -2.47. The van der Waals surface area contributed by atoms with Gasteiger partial charge in [-0.25, -0.2) is 13.4 Å². The van der Waals surface area contributed by atoms with Gasteiger partial charge in [-0.2, -0.15) is 17.5 Å². The molecule has 1 saturated heterocycles. The molecular formula is C24H23ClF3N3O3S2. The van der Waals surface area contributed by atoms with Crippen LogP contribution in [0.3, 0.4) is 0 Å². The molecule has 0 aliphatic carbocycles. The van der Waals surface area contributed by atoms with Crippen molar-refractivity contribution in [2.75, 3.05) is 13.1 Å². The number of thiazole rings is 1. The maximum Gasteiger partial charge on any atom is 0.416 e. The zero-order valence-corrected chi connectivity index (χ0v) is 21.6. The number of sulfonamides is 1. The number of piperidine rings is 1. The lowest BCUT2D eigenvalue weighted by atomic mass is 9.99. The summed E-state index contributed by atoms with van der Waals surface area (Å²) in [6.07, 6.45) is -3.27. The molecular weight excluding hydrogens is 535 g/mol. The van der Waals surface area contributed by atoms with Crippen LogP contribution >= 0.6 is 22.9 Å². The fraction of sp³-hybridized carbons (Fsp3) is 0.333. The second kappa shape index (κ2) is 10.5. The highest BCUT2D eigenvalue weighted by atomic mass is 35.5. The lowest BCUT2D eigenvalue weighted by Gasteiger charge is -2.30. The fourth-order valence-electron chi connectivity index (χ4n) is 3.89. The van der Waals surface area contributed by atoms with E-state index in [4.69, 9.17) is 11.6 Å². The molecule has 1 aliphatic rings. The first-order valence-electron chi connectivity index (χ1n) is 11.1. The number of aromatic nitrogens is 1. The van der Waals surface area contributed by atoms with Gasteiger partial charge < -0.3 is 5.32 Å². The van der Waals surface area contributed by atoms with E-state index in [9.17, 15) is 26.4 Å². The topological polar surface area (TPSA) is 79.4 Å². The predicted molar refractivity (Wildman–Crippen MR) is 132 cm³/mol. The van der Waals surface area contributed by atoms with E-state index in [2.05, 4.69) is 10.3 Å². The third-order valence-electron chi connectivity index (χ3n) is 6.07. The van der Waals surface area contributed by atoms with E-state index in [1.54, 1.807) is 17.5 Å². The van der Waals surface area contributed by atoms with Crippen molar-refractivity contribution < 1.29 is 26.4 Å². The van der Waals surface area contributed by atoms with Crippen LogP contribution in [0.5, 0.6) is 0 Å². The molecule has 12 heteroatoms. The molecule has 1 aliphatic heterocycles. The summed E-state index contributed by atoms with van der Waals surface area (Å²) in [6, 6.07) is 9.30. The molecule has 1 amide bonds. The number of rotatable bonds is 6. The van der Waals surface area contributed by atoms with Gasteiger partial charge in [0.05, 0.1) is 15.5 Å². The third kappa shape index (κ3) is 5.91. The van der Waals surface area contributed by atoms with Crippen molar-refractivity contribution in [2.24, 2.45) is 0 Å². The Bertz CT molecular complexity index is 1350. The summed E-state index contributed by atoms with van der Waals surface area (Å²) >= 11 is 7.44. The number of hydrogen-bond donors (Lipinski definition) is 1. The zero-order valence-electron chi connectivity index (χ0n) is 19.2. The van der Waals surface area contributed by atoms with Crippen molar-refractivity contribution in [3.8, 4) is 0 Å². The number of halogens is 4. The van der Waals surface area contributed by atoms with Crippen LogP contribution in [0.1, 0.15) is 50.9 Å². The fourth-order valence-corrected chi connectivity index (χ4v) is 6.60. The number of amides is 1. The Morgan fingerprint density at radius 3 is 2.44 bits per heavy atom. The highest BCUT2D eigenvalue weighted by molar-refractivity contribution is 7.89. The smallest absolute Gasteiger partial charge is 0.347 e. The van der Waals surface area contributed by atoms with Crippen LogP contribution in [0.2, 0.25) is 5.02 Å². The molecule has 2 aromatic carbocycles. The highest BCUT2D eigenvalue weighted by Crippen LogP contribution is 2.33. The molecule has 1 fully saturated rings. The van der Waals surface area contributed by atoms with Crippen LogP contribution in [0.4, 0.5) is 13.2 Å². The Morgan fingerprint density at radius 1 is 1.17 bits per heavy atom. The lowest BCUT2D eigenvalue weighted by molar-refractivity contribution is -0.137. The number of alkyl halides is 3. The number of aryl methyl sites for hydroxylation is 1. The Balaban J connectivity index is 1.33. The number of nitrogens with zero attached hydrogens (tertiary/aromatic N) is 2. The number of hydrogen-bond acceptors (Lipinski definition) is 5. The Morgan fingerprint density at radius 2 is 1.83 bits per heavy atom. The van der Waals surface area contributed by atoms with Crippen molar-refractivity contribution in [3.05, 3.63) is 80.3 Å². The van der Waals surface area contributed by atoms with Gasteiger partial charge in [-0.1, -0.05) is 29.8 Å². The third-order valence-corrected chi connectivity index (χ3v) is 9.38. The van der Waals surface area contributed by atoms with Gasteiger partial charge in [-0.05, 0) is 55.2 Å². The van der Waals surface area contributed by atoms with Crippen LogP contribution in [0, 0.1) is 6.92 Å². The minimum Gasteiger partial charge on any atom is -0.347 e. The van der Waals surface area contributed by atoms with E-state index >= 15 is 0 Å². The minimum absolute atomic E-state index is 0.0273. The summed E-state index contributed by atoms with van der Waals surface area (Å²) in [7, 11) is -3.65. The number of nitrogens with one attached hydrogen (secondary N) is 1. The van der Waals surface area contributed by atoms with Crippen LogP contribution in [-0.4, -0.2) is 36.7 Å². The predicted octanol–water partition coefficient (Wildman–Crippen LogP) is 5.62. The molecule has 36 heavy (non-hydrogen) atoms. The molecule has 1 aromatic heterocycles. The molecule has 0 saturated carbocycles. The average Bonchev–Trinajstić information content (AvgIpc) is 3.34. The molecule has 3 aromatic rings. The average molecular weight is 558 g/mol. The van der Waals surface area contributed by atoms with Crippen LogP contribution in [0.25, 0.3) is 0 Å². The monoisotopic (exact) mass is 557 g/mol. The largest absolute Gasteiger partial charge is 0.416 e. The molecule has 0 spiro atoms. The van der Waals surface area contributed by atoms with E-state index < -0.39 is 27.7 Å². The van der Waals surface area contributed by atoms with Gasteiger partial charge in [0.25, 0.3) is 5.91 Å². The lowest BCUT2D eigenvalue weighted by Crippen LogP contribution is -2.37. The number of carbonyl (C=O) groups excluding carboxylic acids is 1. The van der Waals surface area contributed by atoms with Gasteiger partial charge in [-0.15, -0.1) is 11.3 Å². The summed E-state index contributed by atoms with van der Waals surface area (Å²) in [6.45, 7) is 2.53. The van der Waals surface area contributed by atoms with Gasteiger partial charge >= 0.3 is 6.18 Å². The molecule has 0 radical (unpaired) electrons. The molecule has 6 nitrogen and oxygen atoms in total.